The summed E-state index contributed by atoms with van der Waals surface area (Å²) in [5.41, 5.74) is 4.32. The van der Waals surface area contributed by atoms with E-state index in [0.717, 1.165) is 53.5 Å². The number of hydrogen-bond acceptors (Lipinski definition) is 6. The maximum absolute atomic E-state index is 5.98. The first-order valence-corrected chi connectivity index (χ1v) is 10.2. The third kappa shape index (κ3) is 4.14. The molecule has 0 saturated heterocycles. The van der Waals surface area contributed by atoms with Gasteiger partial charge in [0.1, 0.15) is 18.1 Å². The second-order valence-electron chi connectivity index (χ2n) is 7.74. The number of nitrogens with one attached hydrogen (secondary N) is 1. The van der Waals surface area contributed by atoms with Gasteiger partial charge < -0.3 is 24.1 Å². The van der Waals surface area contributed by atoms with E-state index in [-0.39, 0.29) is 5.54 Å². The zero-order chi connectivity index (χ0) is 21.1. The van der Waals surface area contributed by atoms with Crippen LogP contribution in [0.1, 0.15) is 41.0 Å². The molecule has 1 aromatic heterocycles. The van der Waals surface area contributed by atoms with Crippen LogP contribution in [-0.2, 0) is 18.7 Å². The maximum atomic E-state index is 5.98. The second-order valence-corrected chi connectivity index (χ2v) is 7.74. The molecule has 1 saturated carbocycles. The summed E-state index contributed by atoms with van der Waals surface area (Å²) in [4.78, 5) is 0. The number of rotatable bonds is 9. The minimum Gasteiger partial charge on any atom is -0.497 e. The van der Waals surface area contributed by atoms with Crippen LogP contribution in [0.15, 0.2) is 47.0 Å². The Hall–Kier alpha value is -2.99. The van der Waals surface area contributed by atoms with E-state index in [1.807, 2.05) is 38.1 Å². The highest BCUT2D eigenvalue weighted by Crippen LogP contribution is 2.46. The Morgan fingerprint density at radius 2 is 1.77 bits per heavy atom. The number of methoxy groups -OCH3 is 2. The number of ether oxygens (including phenoxy) is 3. The summed E-state index contributed by atoms with van der Waals surface area (Å²) in [6.45, 7) is 4.96. The van der Waals surface area contributed by atoms with Crippen molar-refractivity contribution in [1.82, 2.24) is 10.5 Å². The molecule has 1 aliphatic rings. The number of benzene rings is 2. The van der Waals surface area contributed by atoms with Gasteiger partial charge in [-0.3, -0.25) is 0 Å². The average molecular weight is 408 g/mol. The van der Waals surface area contributed by atoms with Gasteiger partial charge in [0.2, 0.25) is 0 Å². The first-order chi connectivity index (χ1) is 14.5. The van der Waals surface area contributed by atoms with Gasteiger partial charge in [-0.25, -0.2) is 0 Å². The zero-order valence-electron chi connectivity index (χ0n) is 18.0. The average Bonchev–Trinajstić information content (AvgIpc) is 3.51. The fourth-order valence-corrected chi connectivity index (χ4v) is 3.67. The zero-order valence-corrected chi connectivity index (χ0v) is 18.0. The quantitative estimate of drug-likeness (QED) is 0.555. The Bertz CT molecular complexity index is 987. The Morgan fingerprint density at radius 3 is 2.37 bits per heavy atom. The van der Waals surface area contributed by atoms with Crippen LogP contribution >= 0.6 is 0 Å². The molecule has 1 fully saturated rings. The second kappa shape index (κ2) is 8.40. The van der Waals surface area contributed by atoms with Crippen molar-refractivity contribution in [2.24, 2.45) is 0 Å². The van der Waals surface area contributed by atoms with E-state index in [1.165, 1.54) is 5.56 Å². The minimum absolute atomic E-state index is 0.0536. The highest BCUT2D eigenvalue weighted by Gasteiger charge is 2.43. The molecule has 1 heterocycles. The molecule has 0 atom stereocenters. The fraction of sp³-hybridized carbons (Fsp3) is 0.375. The van der Waals surface area contributed by atoms with Gasteiger partial charge in [-0.05, 0) is 62.1 Å². The molecular formula is C24H28N2O4. The van der Waals surface area contributed by atoms with Gasteiger partial charge in [-0.1, -0.05) is 23.4 Å². The van der Waals surface area contributed by atoms with E-state index >= 15 is 0 Å². The normalized spacial score (nSPS) is 14.4. The summed E-state index contributed by atoms with van der Waals surface area (Å²) in [6.07, 6.45) is 2.27. The smallest absolute Gasteiger partial charge is 0.161 e. The maximum Gasteiger partial charge on any atom is 0.161 e. The van der Waals surface area contributed by atoms with Gasteiger partial charge in [0, 0.05) is 12.1 Å². The Labute approximate surface area is 177 Å². The molecule has 6 nitrogen and oxygen atoms in total. The lowest BCUT2D eigenvalue weighted by atomic mass is 10.0. The summed E-state index contributed by atoms with van der Waals surface area (Å²) >= 11 is 0. The molecule has 0 spiro atoms. The van der Waals surface area contributed by atoms with E-state index in [2.05, 4.69) is 28.7 Å². The highest BCUT2D eigenvalue weighted by atomic mass is 16.5. The van der Waals surface area contributed by atoms with Crippen LogP contribution in [0.2, 0.25) is 0 Å². The molecule has 0 unspecified atom stereocenters. The number of nitrogens with zero attached hydrogens (tertiary/aromatic N) is 1. The molecule has 1 aliphatic carbocycles. The van der Waals surface area contributed by atoms with Crippen molar-refractivity contribution >= 4 is 0 Å². The number of aromatic nitrogens is 1. The monoisotopic (exact) mass is 408 g/mol. The molecule has 0 aliphatic heterocycles. The van der Waals surface area contributed by atoms with Crippen LogP contribution < -0.4 is 19.5 Å². The van der Waals surface area contributed by atoms with E-state index in [9.17, 15) is 0 Å². The van der Waals surface area contributed by atoms with Gasteiger partial charge in [0.25, 0.3) is 0 Å². The van der Waals surface area contributed by atoms with Crippen molar-refractivity contribution in [2.75, 3.05) is 14.2 Å². The predicted molar refractivity (Wildman–Crippen MR) is 114 cm³/mol. The van der Waals surface area contributed by atoms with E-state index in [0.29, 0.717) is 12.4 Å². The Morgan fingerprint density at radius 1 is 1.00 bits per heavy atom. The van der Waals surface area contributed by atoms with Crippen LogP contribution in [0.3, 0.4) is 0 Å². The van der Waals surface area contributed by atoms with Crippen molar-refractivity contribution in [1.29, 1.82) is 0 Å². The summed E-state index contributed by atoms with van der Waals surface area (Å²) < 4.78 is 22.0. The molecule has 2 aromatic carbocycles. The molecule has 4 rings (SSSR count). The Kier molecular flexibility index (Phi) is 5.68. The van der Waals surface area contributed by atoms with Gasteiger partial charge in [0.05, 0.1) is 25.5 Å². The molecule has 3 aromatic rings. The lowest BCUT2D eigenvalue weighted by Gasteiger charge is -2.19. The standard InChI is InChI=1S/C24H28N2O4/c1-16-21(17(2)30-26-16)15-29-22-10-5-18(13-23(22)28-4)14-25-24(11-12-24)19-6-8-20(27-3)9-7-19/h5-10,13,25H,11-12,14-15H2,1-4H3. The molecule has 0 amide bonds. The van der Waals surface area contributed by atoms with Crippen LogP contribution in [0.5, 0.6) is 17.2 Å². The Balaban J connectivity index is 1.41. The summed E-state index contributed by atoms with van der Waals surface area (Å²) in [5.74, 6) is 3.08. The van der Waals surface area contributed by atoms with Crippen molar-refractivity contribution < 1.29 is 18.7 Å². The topological polar surface area (TPSA) is 65.8 Å². The SMILES string of the molecule is COc1ccc(C2(NCc3ccc(OCc4c(C)noc4C)c(OC)c3)CC2)cc1. The molecule has 158 valence electrons. The highest BCUT2D eigenvalue weighted by molar-refractivity contribution is 5.43. The van der Waals surface area contributed by atoms with E-state index in [1.54, 1.807) is 14.2 Å². The van der Waals surface area contributed by atoms with Crippen LogP contribution in [0, 0.1) is 13.8 Å². The van der Waals surface area contributed by atoms with E-state index < -0.39 is 0 Å². The first kappa shape index (κ1) is 20.3. The molecule has 0 bridgehead atoms. The number of aryl methyl sites for hydroxylation is 2. The lowest BCUT2D eigenvalue weighted by Crippen LogP contribution is -2.28. The van der Waals surface area contributed by atoms with Crippen molar-refractivity contribution in [3.05, 3.63) is 70.6 Å². The number of hydrogen-bond donors (Lipinski definition) is 1. The van der Waals surface area contributed by atoms with Crippen molar-refractivity contribution in [2.45, 2.75) is 45.4 Å². The summed E-state index contributed by atoms with van der Waals surface area (Å²) in [5, 5.41) is 7.69. The van der Waals surface area contributed by atoms with Crippen molar-refractivity contribution in [3.8, 4) is 17.2 Å². The first-order valence-electron chi connectivity index (χ1n) is 10.2. The van der Waals surface area contributed by atoms with Crippen LogP contribution in [0.4, 0.5) is 0 Å². The van der Waals surface area contributed by atoms with Crippen LogP contribution in [-0.4, -0.2) is 19.4 Å². The molecule has 6 heteroatoms. The predicted octanol–water partition coefficient (Wildman–Crippen LogP) is 4.67. The van der Waals surface area contributed by atoms with E-state index in [4.69, 9.17) is 18.7 Å². The minimum atomic E-state index is 0.0536. The lowest BCUT2D eigenvalue weighted by molar-refractivity contribution is 0.281. The van der Waals surface area contributed by atoms with Crippen molar-refractivity contribution in [3.63, 3.8) is 0 Å². The van der Waals surface area contributed by atoms with Crippen LogP contribution in [0.25, 0.3) is 0 Å². The molecule has 0 radical (unpaired) electrons. The fourth-order valence-electron chi connectivity index (χ4n) is 3.67. The molecular weight excluding hydrogens is 380 g/mol. The van der Waals surface area contributed by atoms with Gasteiger partial charge in [0.15, 0.2) is 11.5 Å². The molecule has 30 heavy (non-hydrogen) atoms. The van der Waals surface area contributed by atoms with Gasteiger partial charge in [-0.2, -0.15) is 0 Å². The third-order valence-corrected chi connectivity index (χ3v) is 5.80. The molecule has 1 N–H and O–H groups in total. The summed E-state index contributed by atoms with van der Waals surface area (Å²) in [6, 6.07) is 14.4. The largest absolute Gasteiger partial charge is 0.497 e. The van der Waals surface area contributed by atoms with Gasteiger partial charge in [-0.15, -0.1) is 0 Å². The summed E-state index contributed by atoms with van der Waals surface area (Å²) in [7, 11) is 3.35. The van der Waals surface area contributed by atoms with Gasteiger partial charge >= 0.3 is 0 Å². The third-order valence-electron chi connectivity index (χ3n) is 5.80.